The second kappa shape index (κ2) is 5.61. The SMILES string of the molecule is Fc1nc(-c2ccccc2)cnc1Cc1ccccc1. The average molecular weight is 264 g/mol. The van der Waals surface area contributed by atoms with E-state index in [-0.39, 0.29) is 0 Å². The maximum Gasteiger partial charge on any atom is 0.235 e. The summed E-state index contributed by atoms with van der Waals surface area (Å²) in [6.45, 7) is 0. The number of hydrogen-bond acceptors (Lipinski definition) is 2. The van der Waals surface area contributed by atoms with Gasteiger partial charge in [0.1, 0.15) is 0 Å². The van der Waals surface area contributed by atoms with Crippen LogP contribution in [0.25, 0.3) is 11.3 Å². The molecule has 0 unspecified atom stereocenters. The summed E-state index contributed by atoms with van der Waals surface area (Å²) in [4.78, 5) is 8.22. The molecule has 3 heteroatoms. The van der Waals surface area contributed by atoms with Gasteiger partial charge in [-0.05, 0) is 5.56 Å². The van der Waals surface area contributed by atoms with E-state index in [0.29, 0.717) is 17.8 Å². The molecule has 3 rings (SSSR count). The van der Waals surface area contributed by atoms with E-state index in [4.69, 9.17) is 0 Å². The molecule has 20 heavy (non-hydrogen) atoms. The van der Waals surface area contributed by atoms with Crippen LogP contribution in [0.5, 0.6) is 0 Å². The second-order valence-corrected chi connectivity index (χ2v) is 4.52. The molecular formula is C17H13FN2. The topological polar surface area (TPSA) is 25.8 Å². The lowest BCUT2D eigenvalue weighted by Crippen LogP contribution is -2.01. The molecule has 1 heterocycles. The van der Waals surface area contributed by atoms with E-state index in [9.17, 15) is 4.39 Å². The third-order valence-corrected chi connectivity index (χ3v) is 3.08. The Labute approximate surface area is 117 Å². The van der Waals surface area contributed by atoms with Gasteiger partial charge in [-0.25, -0.2) is 4.98 Å². The number of halogens is 1. The van der Waals surface area contributed by atoms with Gasteiger partial charge >= 0.3 is 0 Å². The van der Waals surface area contributed by atoms with Crippen molar-refractivity contribution in [2.75, 3.05) is 0 Å². The summed E-state index contributed by atoms with van der Waals surface area (Å²) in [5.41, 5.74) is 2.81. The largest absolute Gasteiger partial charge is 0.254 e. The van der Waals surface area contributed by atoms with Crippen LogP contribution in [0.4, 0.5) is 4.39 Å². The minimum Gasteiger partial charge on any atom is -0.254 e. The van der Waals surface area contributed by atoms with Gasteiger partial charge < -0.3 is 0 Å². The predicted octanol–water partition coefficient (Wildman–Crippen LogP) is 3.87. The minimum atomic E-state index is -0.504. The van der Waals surface area contributed by atoms with Gasteiger partial charge in [0.2, 0.25) is 5.95 Å². The van der Waals surface area contributed by atoms with Gasteiger partial charge in [0.25, 0.3) is 0 Å². The Balaban J connectivity index is 1.89. The molecule has 0 aliphatic carbocycles. The van der Waals surface area contributed by atoms with Crippen LogP contribution in [0.15, 0.2) is 66.9 Å². The zero-order valence-corrected chi connectivity index (χ0v) is 10.8. The molecule has 0 radical (unpaired) electrons. The summed E-state index contributed by atoms with van der Waals surface area (Å²) in [6.07, 6.45) is 2.07. The van der Waals surface area contributed by atoms with Crippen LogP contribution < -0.4 is 0 Å². The fourth-order valence-corrected chi connectivity index (χ4v) is 2.05. The Kier molecular flexibility index (Phi) is 3.50. The fourth-order valence-electron chi connectivity index (χ4n) is 2.05. The number of hydrogen-bond donors (Lipinski definition) is 0. The van der Waals surface area contributed by atoms with Crippen LogP contribution in [-0.2, 0) is 6.42 Å². The minimum absolute atomic E-state index is 0.371. The van der Waals surface area contributed by atoms with Crippen molar-refractivity contribution in [3.63, 3.8) is 0 Å². The molecule has 2 nitrogen and oxygen atoms in total. The van der Waals surface area contributed by atoms with E-state index >= 15 is 0 Å². The maximum absolute atomic E-state index is 14.0. The lowest BCUT2D eigenvalue weighted by Gasteiger charge is -2.05. The molecule has 3 aromatic rings. The van der Waals surface area contributed by atoms with Crippen LogP contribution in [0.1, 0.15) is 11.3 Å². The summed E-state index contributed by atoms with van der Waals surface area (Å²) >= 11 is 0. The molecular weight excluding hydrogens is 251 g/mol. The average Bonchev–Trinajstić information content (AvgIpc) is 2.51. The van der Waals surface area contributed by atoms with Gasteiger partial charge in [0, 0.05) is 12.0 Å². The molecule has 0 saturated carbocycles. The summed E-state index contributed by atoms with van der Waals surface area (Å²) < 4.78 is 14.0. The third kappa shape index (κ3) is 2.72. The molecule has 0 spiro atoms. The first-order valence-corrected chi connectivity index (χ1v) is 6.44. The van der Waals surface area contributed by atoms with Crippen LogP contribution in [0, 0.1) is 5.95 Å². The van der Waals surface area contributed by atoms with Gasteiger partial charge in [-0.1, -0.05) is 60.7 Å². The molecule has 0 N–H and O–H groups in total. The Hall–Kier alpha value is -2.55. The Morgan fingerprint density at radius 1 is 0.850 bits per heavy atom. The van der Waals surface area contributed by atoms with E-state index in [2.05, 4.69) is 9.97 Å². The number of benzene rings is 2. The van der Waals surface area contributed by atoms with Crippen molar-refractivity contribution in [1.82, 2.24) is 9.97 Å². The fraction of sp³-hybridized carbons (Fsp3) is 0.0588. The van der Waals surface area contributed by atoms with Crippen molar-refractivity contribution in [2.45, 2.75) is 6.42 Å². The number of nitrogens with zero attached hydrogens (tertiary/aromatic N) is 2. The molecule has 0 aliphatic rings. The summed E-state index contributed by atoms with van der Waals surface area (Å²) in [5.74, 6) is -0.504. The number of aromatic nitrogens is 2. The van der Waals surface area contributed by atoms with Crippen LogP contribution in [0.3, 0.4) is 0 Å². The van der Waals surface area contributed by atoms with Crippen LogP contribution in [-0.4, -0.2) is 9.97 Å². The molecule has 0 saturated heterocycles. The van der Waals surface area contributed by atoms with E-state index < -0.39 is 5.95 Å². The maximum atomic E-state index is 14.0. The smallest absolute Gasteiger partial charge is 0.235 e. The van der Waals surface area contributed by atoms with Gasteiger partial charge in [-0.3, -0.25) is 4.98 Å². The van der Waals surface area contributed by atoms with Crippen molar-refractivity contribution in [3.8, 4) is 11.3 Å². The van der Waals surface area contributed by atoms with Crippen molar-refractivity contribution in [1.29, 1.82) is 0 Å². The zero-order valence-electron chi connectivity index (χ0n) is 10.8. The van der Waals surface area contributed by atoms with Gasteiger partial charge in [0.05, 0.1) is 17.6 Å². The zero-order chi connectivity index (χ0) is 13.8. The van der Waals surface area contributed by atoms with Gasteiger partial charge in [-0.15, -0.1) is 0 Å². The highest BCUT2D eigenvalue weighted by Gasteiger charge is 2.09. The van der Waals surface area contributed by atoms with E-state index in [1.54, 1.807) is 6.20 Å². The number of rotatable bonds is 3. The summed E-state index contributed by atoms with van der Waals surface area (Å²) in [5, 5.41) is 0. The summed E-state index contributed by atoms with van der Waals surface area (Å²) in [6, 6.07) is 19.2. The Bertz CT molecular complexity index is 697. The highest BCUT2D eigenvalue weighted by Crippen LogP contribution is 2.17. The highest BCUT2D eigenvalue weighted by atomic mass is 19.1. The molecule has 0 bridgehead atoms. The molecule has 0 amide bonds. The first-order valence-electron chi connectivity index (χ1n) is 6.44. The molecule has 0 fully saturated rings. The van der Waals surface area contributed by atoms with E-state index in [1.165, 1.54) is 0 Å². The monoisotopic (exact) mass is 264 g/mol. The van der Waals surface area contributed by atoms with Crippen LogP contribution in [0.2, 0.25) is 0 Å². The van der Waals surface area contributed by atoms with Crippen LogP contribution >= 0.6 is 0 Å². The molecule has 98 valence electrons. The standard InChI is InChI=1S/C17H13FN2/c18-17-15(11-13-7-3-1-4-8-13)19-12-16(20-17)14-9-5-2-6-10-14/h1-10,12H,11H2. The van der Waals surface area contributed by atoms with Crippen molar-refractivity contribution in [2.24, 2.45) is 0 Å². The Morgan fingerprint density at radius 2 is 1.50 bits per heavy atom. The van der Waals surface area contributed by atoms with E-state index in [1.807, 2.05) is 60.7 Å². The second-order valence-electron chi connectivity index (χ2n) is 4.52. The quantitative estimate of drug-likeness (QED) is 0.717. The molecule has 0 atom stereocenters. The normalized spacial score (nSPS) is 10.4. The van der Waals surface area contributed by atoms with Gasteiger partial charge in [0.15, 0.2) is 0 Å². The van der Waals surface area contributed by atoms with Crippen molar-refractivity contribution < 1.29 is 4.39 Å². The first kappa shape index (κ1) is 12.5. The third-order valence-electron chi connectivity index (χ3n) is 3.08. The highest BCUT2D eigenvalue weighted by molar-refractivity contribution is 5.57. The van der Waals surface area contributed by atoms with Crippen molar-refractivity contribution >= 4 is 0 Å². The lowest BCUT2D eigenvalue weighted by atomic mass is 10.1. The lowest BCUT2D eigenvalue weighted by molar-refractivity contribution is 0.561. The summed E-state index contributed by atoms with van der Waals surface area (Å²) in [7, 11) is 0. The van der Waals surface area contributed by atoms with Crippen molar-refractivity contribution in [3.05, 3.63) is 84.1 Å². The van der Waals surface area contributed by atoms with Gasteiger partial charge in [-0.2, -0.15) is 4.39 Å². The van der Waals surface area contributed by atoms with E-state index in [0.717, 1.165) is 11.1 Å². The molecule has 1 aromatic heterocycles. The predicted molar refractivity (Wildman–Crippen MR) is 76.7 cm³/mol. The molecule has 0 aliphatic heterocycles. The first-order chi connectivity index (χ1) is 9.83. The Morgan fingerprint density at radius 3 is 2.15 bits per heavy atom. The molecule has 2 aromatic carbocycles.